The fourth-order valence-electron chi connectivity index (χ4n) is 7.59. The van der Waals surface area contributed by atoms with E-state index in [0.29, 0.717) is 0 Å². The lowest BCUT2D eigenvalue weighted by Gasteiger charge is -2.11. The normalized spacial score (nSPS) is 12.5. The summed E-state index contributed by atoms with van der Waals surface area (Å²) in [5.74, 6) is 1.86. The smallest absolute Gasteiger partial charge is 0.0443 e. The van der Waals surface area contributed by atoms with E-state index in [9.17, 15) is 0 Å². The molecule has 0 amide bonds. The summed E-state index contributed by atoms with van der Waals surface area (Å²) in [6, 6.07) is 0. The molecule has 0 fully saturated rings. The fraction of sp³-hybridized carbons (Fsp3) is 1.00. The van der Waals surface area contributed by atoms with Crippen molar-refractivity contribution in [2.24, 2.45) is 11.8 Å². The molecule has 0 aliphatic heterocycles. The molecule has 0 aromatic carbocycles. The average Bonchev–Trinajstić information content (AvgIpc) is 3.04. The minimum Gasteiger partial charge on any atom is -0.0654 e. The van der Waals surface area contributed by atoms with Gasteiger partial charge >= 0.3 is 0 Å². The third kappa shape index (κ3) is 42.0. The van der Waals surface area contributed by atoms with E-state index < -0.39 is 0 Å². The van der Waals surface area contributed by atoms with Gasteiger partial charge in [-0.05, 0) is 11.8 Å². The SMILES string of the molecule is CCCCCCCCCCCCCCCCCCCCCCC(C)CCCCCCCCCCCCCCCCCCCC(C)C. The van der Waals surface area contributed by atoms with Gasteiger partial charge in [0.25, 0.3) is 0 Å². The summed E-state index contributed by atoms with van der Waals surface area (Å²) in [4.78, 5) is 0. The average molecular weight is 647 g/mol. The van der Waals surface area contributed by atoms with Crippen molar-refractivity contribution < 1.29 is 0 Å². The van der Waals surface area contributed by atoms with Crippen molar-refractivity contribution in [2.75, 3.05) is 0 Å². The molecule has 0 saturated carbocycles. The highest BCUT2D eigenvalue weighted by atomic mass is 14.1. The van der Waals surface area contributed by atoms with Crippen LogP contribution >= 0.6 is 0 Å². The summed E-state index contributed by atoms with van der Waals surface area (Å²) in [7, 11) is 0. The number of unbranched alkanes of at least 4 members (excludes halogenated alkanes) is 35. The Balaban J connectivity index is 3.14. The van der Waals surface area contributed by atoms with E-state index in [-0.39, 0.29) is 0 Å². The molecule has 0 bridgehead atoms. The quantitative estimate of drug-likeness (QED) is 0.0580. The van der Waals surface area contributed by atoms with Crippen LogP contribution < -0.4 is 0 Å². The summed E-state index contributed by atoms with van der Waals surface area (Å²) < 4.78 is 0. The van der Waals surface area contributed by atoms with Crippen molar-refractivity contribution in [1.29, 1.82) is 0 Å². The Morgan fingerprint density at radius 3 is 0.587 bits per heavy atom. The Bertz CT molecular complexity index is 506. The summed E-state index contributed by atoms with van der Waals surface area (Å²) in [6.07, 6.45) is 59.3. The second kappa shape index (κ2) is 41.2. The molecule has 0 aromatic rings. The highest BCUT2D eigenvalue weighted by Gasteiger charge is 2.03. The zero-order valence-electron chi connectivity index (χ0n) is 33.4. The lowest BCUT2D eigenvalue weighted by atomic mass is 9.95. The van der Waals surface area contributed by atoms with Gasteiger partial charge in [-0.1, -0.05) is 285 Å². The molecule has 0 aliphatic rings. The highest BCUT2D eigenvalue weighted by molar-refractivity contribution is 4.57. The van der Waals surface area contributed by atoms with Crippen LogP contribution in [0.25, 0.3) is 0 Å². The minimum atomic E-state index is 0.895. The summed E-state index contributed by atoms with van der Waals surface area (Å²) in [5.41, 5.74) is 0. The first kappa shape index (κ1) is 46.0. The third-order valence-electron chi connectivity index (χ3n) is 11.0. The van der Waals surface area contributed by atoms with E-state index in [0.717, 1.165) is 11.8 Å². The van der Waals surface area contributed by atoms with E-state index in [4.69, 9.17) is 0 Å². The van der Waals surface area contributed by atoms with Crippen LogP contribution in [0.5, 0.6) is 0 Å². The topological polar surface area (TPSA) is 0 Å². The van der Waals surface area contributed by atoms with Gasteiger partial charge in [0, 0.05) is 0 Å². The largest absolute Gasteiger partial charge is 0.0654 e. The first-order valence-electron chi connectivity index (χ1n) is 22.7. The third-order valence-corrected chi connectivity index (χ3v) is 11.0. The predicted molar refractivity (Wildman–Crippen MR) is 214 cm³/mol. The van der Waals surface area contributed by atoms with Crippen molar-refractivity contribution >= 4 is 0 Å². The molecule has 1 atom stereocenters. The molecule has 0 N–H and O–H groups in total. The summed E-state index contributed by atoms with van der Waals surface area (Å²) >= 11 is 0. The number of hydrogen-bond acceptors (Lipinski definition) is 0. The monoisotopic (exact) mass is 647 g/mol. The van der Waals surface area contributed by atoms with Crippen LogP contribution in [0.4, 0.5) is 0 Å². The van der Waals surface area contributed by atoms with Gasteiger partial charge in [-0.25, -0.2) is 0 Å². The van der Waals surface area contributed by atoms with Crippen molar-refractivity contribution in [3.8, 4) is 0 Å². The molecule has 0 spiro atoms. The Labute approximate surface area is 295 Å². The van der Waals surface area contributed by atoms with E-state index >= 15 is 0 Å². The van der Waals surface area contributed by atoms with Gasteiger partial charge in [-0.2, -0.15) is 0 Å². The van der Waals surface area contributed by atoms with Crippen LogP contribution in [0, 0.1) is 11.8 Å². The molecular weight excluding hydrogens is 553 g/mol. The van der Waals surface area contributed by atoms with Crippen LogP contribution in [0.2, 0.25) is 0 Å². The molecular formula is C46H94. The first-order valence-corrected chi connectivity index (χ1v) is 22.7. The van der Waals surface area contributed by atoms with Gasteiger partial charge in [0.1, 0.15) is 0 Å². The molecule has 0 aromatic heterocycles. The Hall–Kier alpha value is 0. The zero-order chi connectivity index (χ0) is 33.4. The van der Waals surface area contributed by atoms with E-state index in [1.165, 1.54) is 257 Å². The van der Waals surface area contributed by atoms with Gasteiger partial charge in [-0.15, -0.1) is 0 Å². The molecule has 0 radical (unpaired) electrons. The molecule has 1 unspecified atom stereocenters. The van der Waals surface area contributed by atoms with Gasteiger partial charge in [0.15, 0.2) is 0 Å². The Morgan fingerprint density at radius 2 is 0.391 bits per heavy atom. The first-order chi connectivity index (χ1) is 22.7. The summed E-state index contributed by atoms with van der Waals surface area (Å²) in [5, 5.41) is 0. The molecule has 46 heavy (non-hydrogen) atoms. The molecule has 0 rings (SSSR count). The van der Waals surface area contributed by atoms with Crippen molar-refractivity contribution in [1.82, 2.24) is 0 Å². The number of rotatable bonds is 41. The van der Waals surface area contributed by atoms with Gasteiger partial charge in [-0.3, -0.25) is 0 Å². The molecule has 0 saturated heterocycles. The van der Waals surface area contributed by atoms with Gasteiger partial charge < -0.3 is 0 Å². The highest BCUT2D eigenvalue weighted by Crippen LogP contribution is 2.20. The van der Waals surface area contributed by atoms with Crippen LogP contribution in [0.3, 0.4) is 0 Å². The second-order valence-corrected chi connectivity index (χ2v) is 16.6. The van der Waals surface area contributed by atoms with Crippen molar-refractivity contribution in [3.05, 3.63) is 0 Å². The molecule has 0 heterocycles. The van der Waals surface area contributed by atoms with Crippen LogP contribution in [-0.2, 0) is 0 Å². The van der Waals surface area contributed by atoms with E-state index in [1.54, 1.807) is 0 Å². The molecule has 0 aliphatic carbocycles. The van der Waals surface area contributed by atoms with Crippen molar-refractivity contribution in [2.45, 2.75) is 285 Å². The van der Waals surface area contributed by atoms with E-state index in [2.05, 4.69) is 27.7 Å². The summed E-state index contributed by atoms with van der Waals surface area (Å²) in [6.45, 7) is 9.54. The molecule has 278 valence electrons. The zero-order valence-corrected chi connectivity index (χ0v) is 33.4. The standard InChI is InChI=1S/C46H94/c1-5-6-7-8-9-10-11-12-13-14-15-16-19-22-25-28-31-34-37-40-43-46(4)44-41-38-35-32-29-26-23-20-17-18-21-24-27-30-33-36-39-42-45(2)3/h45-46H,5-44H2,1-4H3. The Kier molecular flexibility index (Phi) is 41.2. The van der Waals surface area contributed by atoms with Crippen LogP contribution in [0.15, 0.2) is 0 Å². The number of hydrogen-bond donors (Lipinski definition) is 0. The molecule has 0 heteroatoms. The van der Waals surface area contributed by atoms with Crippen LogP contribution in [-0.4, -0.2) is 0 Å². The van der Waals surface area contributed by atoms with Gasteiger partial charge in [0.05, 0.1) is 0 Å². The lowest BCUT2D eigenvalue weighted by Crippen LogP contribution is -1.95. The predicted octanol–water partition coefficient (Wildman–Crippen LogP) is 17.9. The van der Waals surface area contributed by atoms with Gasteiger partial charge in [0.2, 0.25) is 0 Å². The maximum Gasteiger partial charge on any atom is -0.0443 e. The van der Waals surface area contributed by atoms with E-state index in [1.807, 2.05) is 0 Å². The Morgan fingerprint density at radius 1 is 0.217 bits per heavy atom. The fourth-order valence-corrected chi connectivity index (χ4v) is 7.59. The maximum absolute atomic E-state index is 2.52. The second-order valence-electron chi connectivity index (χ2n) is 16.6. The maximum atomic E-state index is 2.52. The molecule has 0 nitrogen and oxygen atoms in total. The minimum absolute atomic E-state index is 0.895. The van der Waals surface area contributed by atoms with Crippen LogP contribution in [0.1, 0.15) is 285 Å². The van der Waals surface area contributed by atoms with Crippen molar-refractivity contribution in [3.63, 3.8) is 0 Å². The lowest BCUT2D eigenvalue weighted by molar-refractivity contribution is 0.429.